The molecule has 2 N–H and O–H groups in total. The molecule has 7 rings (SSSR count). The summed E-state index contributed by atoms with van der Waals surface area (Å²) in [5.41, 5.74) is 2.80. The molecule has 4 aromatic rings. The fourth-order valence-corrected chi connectivity index (χ4v) is 7.04. The van der Waals surface area contributed by atoms with Crippen LogP contribution in [-0.2, 0) is 11.3 Å². The lowest BCUT2D eigenvalue weighted by Gasteiger charge is -2.37. The predicted octanol–water partition coefficient (Wildman–Crippen LogP) is 7.43. The number of aromatic nitrogens is 3. The van der Waals surface area contributed by atoms with Crippen molar-refractivity contribution in [2.45, 2.75) is 82.4 Å². The van der Waals surface area contributed by atoms with Crippen molar-refractivity contribution in [3.8, 4) is 17.0 Å². The van der Waals surface area contributed by atoms with Crippen LogP contribution in [0, 0.1) is 11.8 Å². The molecular formula is C32H33F3N4O5. The highest BCUT2D eigenvalue weighted by atomic mass is 19.4. The number of hydrogen-bond donors (Lipinski definition) is 2. The van der Waals surface area contributed by atoms with Gasteiger partial charge in [0, 0.05) is 35.0 Å². The van der Waals surface area contributed by atoms with Crippen LogP contribution in [0.25, 0.3) is 16.8 Å². The van der Waals surface area contributed by atoms with Gasteiger partial charge < -0.3 is 24.4 Å². The van der Waals surface area contributed by atoms with Gasteiger partial charge in [-0.25, -0.2) is 9.31 Å². The van der Waals surface area contributed by atoms with E-state index in [1.807, 2.05) is 12.1 Å². The third-order valence-electron chi connectivity index (χ3n) is 9.20. The number of carboxylic acids is 1. The second-order valence-corrected chi connectivity index (χ2v) is 12.2. The number of pyridine rings is 1. The molecule has 4 unspecified atom stereocenters. The zero-order chi connectivity index (χ0) is 30.4. The zero-order valence-corrected chi connectivity index (χ0v) is 23.9. The lowest BCUT2D eigenvalue weighted by Crippen LogP contribution is -2.36. The summed E-state index contributed by atoms with van der Waals surface area (Å²) in [4.78, 5) is 11.6. The molecule has 0 amide bonds. The number of alkyl halides is 3. The highest BCUT2D eigenvalue weighted by Crippen LogP contribution is 2.46. The standard InChI is InChI=1S/C32H33F3N4O5/c33-32(34,35)43-28-7-2-1-5-23(28)29-25(30(44-38-29)19-8-9-19)17-42-22-13-18-4-3-6-26(20(12-18)14-22)37-21-10-11-39-27(15-21)24(16-36-39)31(40)41/h1-2,5,7,10-11,15-16,18-20,22,26,37H,3-4,6,8-9,12-14,17H2,(H,40,41). The summed E-state index contributed by atoms with van der Waals surface area (Å²) in [5.74, 6) is 0.422. The second kappa shape index (κ2) is 11.5. The summed E-state index contributed by atoms with van der Waals surface area (Å²) < 4.78 is 57.6. The van der Waals surface area contributed by atoms with Crippen LogP contribution in [0.5, 0.6) is 5.75 Å². The number of nitrogens with zero attached hydrogens (tertiary/aromatic N) is 3. The Morgan fingerprint density at radius 3 is 2.75 bits per heavy atom. The van der Waals surface area contributed by atoms with E-state index in [0.29, 0.717) is 34.4 Å². The molecule has 3 heterocycles. The van der Waals surface area contributed by atoms with Gasteiger partial charge in [0.1, 0.15) is 22.8 Å². The lowest BCUT2D eigenvalue weighted by atomic mass is 9.77. The number of hydrogen-bond acceptors (Lipinski definition) is 7. The van der Waals surface area contributed by atoms with Crippen LogP contribution in [0.4, 0.5) is 18.9 Å². The molecule has 9 nitrogen and oxygen atoms in total. The molecule has 0 spiro atoms. The first-order valence-electron chi connectivity index (χ1n) is 15.1. The summed E-state index contributed by atoms with van der Waals surface area (Å²) in [6.45, 7) is 0.197. The van der Waals surface area contributed by atoms with Crippen molar-refractivity contribution in [2.24, 2.45) is 11.8 Å². The average Bonchev–Trinajstić information content (AvgIpc) is 3.63. The molecule has 12 heteroatoms. The van der Waals surface area contributed by atoms with Gasteiger partial charge in [0.15, 0.2) is 0 Å². The third-order valence-corrected chi connectivity index (χ3v) is 9.20. The number of nitrogens with one attached hydrogen (secondary N) is 1. The van der Waals surface area contributed by atoms with Gasteiger partial charge in [-0.2, -0.15) is 5.10 Å². The van der Waals surface area contributed by atoms with Gasteiger partial charge in [0.25, 0.3) is 0 Å². The number of aromatic carboxylic acids is 1. The quantitative estimate of drug-likeness (QED) is 0.201. The van der Waals surface area contributed by atoms with Crippen molar-refractivity contribution >= 4 is 17.2 Å². The third kappa shape index (κ3) is 5.99. The van der Waals surface area contributed by atoms with Gasteiger partial charge in [-0.3, -0.25) is 0 Å². The minimum atomic E-state index is -4.83. The number of para-hydroxylation sites is 1. The summed E-state index contributed by atoms with van der Waals surface area (Å²) >= 11 is 0. The van der Waals surface area contributed by atoms with Crippen LogP contribution in [0.15, 0.2) is 53.3 Å². The largest absolute Gasteiger partial charge is 0.573 e. The maximum absolute atomic E-state index is 13.2. The zero-order valence-electron chi connectivity index (χ0n) is 23.9. The molecule has 3 saturated carbocycles. The van der Waals surface area contributed by atoms with E-state index in [4.69, 9.17) is 9.26 Å². The average molecular weight is 611 g/mol. The number of fused-ring (bicyclic) bond motifs is 3. The van der Waals surface area contributed by atoms with E-state index in [0.717, 1.165) is 57.1 Å². The number of ether oxygens (including phenoxy) is 2. The number of anilines is 1. The summed E-state index contributed by atoms with van der Waals surface area (Å²) in [7, 11) is 0. The highest BCUT2D eigenvalue weighted by Gasteiger charge is 2.38. The van der Waals surface area contributed by atoms with Crippen LogP contribution in [0.2, 0.25) is 0 Å². The van der Waals surface area contributed by atoms with Crippen LogP contribution >= 0.6 is 0 Å². The Kier molecular flexibility index (Phi) is 7.47. The van der Waals surface area contributed by atoms with E-state index in [1.165, 1.54) is 18.3 Å². The first kappa shape index (κ1) is 28.7. The fourth-order valence-electron chi connectivity index (χ4n) is 7.04. The molecule has 3 aromatic heterocycles. The monoisotopic (exact) mass is 610 g/mol. The lowest BCUT2D eigenvalue weighted by molar-refractivity contribution is -0.274. The topological polar surface area (TPSA) is 111 Å². The first-order valence-corrected chi connectivity index (χ1v) is 15.1. The molecular weight excluding hydrogens is 577 g/mol. The van der Waals surface area contributed by atoms with Gasteiger partial charge in [0.05, 0.1) is 24.4 Å². The molecule has 0 aliphatic heterocycles. The maximum Gasteiger partial charge on any atom is 0.573 e. The normalized spacial score (nSPS) is 23.8. The van der Waals surface area contributed by atoms with Crippen molar-refractivity contribution in [1.29, 1.82) is 0 Å². The van der Waals surface area contributed by atoms with Gasteiger partial charge >= 0.3 is 12.3 Å². The van der Waals surface area contributed by atoms with Gasteiger partial charge in [-0.15, -0.1) is 13.2 Å². The van der Waals surface area contributed by atoms with Crippen molar-refractivity contribution in [3.63, 3.8) is 0 Å². The van der Waals surface area contributed by atoms with E-state index >= 15 is 0 Å². The smallest absolute Gasteiger partial charge is 0.478 e. The predicted molar refractivity (Wildman–Crippen MR) is 153 cm³/mol. The van der Waals surface area contributed by atoms with E-state index in [1.54, 1.807) is 22.8 Å². The summed E-state index contributed by atoms with van der Waals surface area (Å²) in [6, 6.07) is 9.94. The Morgan fingerprint density at radius 2 is 1.95 bits per heavy atom. The minimum absolute atomic E-state index is 0.0199. The van der Waals surface area contributed by atoms with Crippen molar-refractivity contribution in [3.05, 3.63) is 65.7 Å². The Labute approximate surface area is 251 Å². The Hall–Kier alpha value is -4.06. The molecule has 0 saturated heterocycles. The molecule has 3 aliphatic rings. The molecule has 3 fully saturated rings. The Morgan fingerprint density at radius 1 is 1.11 bits per heavy atom. The van der Waals surface area contributed by atoms with Crippen LogP contribution in [-0.4, -0.2) is 44.4 Å². The van der Waals surface area contributed by atoms with E-state index in [2.05, 4.69) is 20.3 Å². The number of benzene rings is 1. The van der Waals surface area contributed by atoms with Crippen LogP contribution in [0.1, 0.15) is 79.0 Å². The van der Waals surface area contributed by atoms with Crippen molar-refractivity contribution < 1.29 is 37.1 Å². The first-order chi connectivity index (χ1) is 21.2. The molecule has 1 aromatic carbocycles. The Balaban J connectivity index is 1.09. The molecule has 232 valence electrons. The maximum atomic E-state index is 13.2. The van der Waals surface area contributed by atoms with Gasteiger partial charge in [-0.1, -0.05) is 30.1 Å². The van der Waals surface area contributed by atoms with E-state index in [-0.39, 0.29) is 41.5 Å². The van der Waals surface area contributed by atoms with Crippen LogP contribution in [0.3, 0.4) is 0 Å². The van der Waals surface area contributed by atoms with Crippen LogP contribution < -0.4 is 10.1 Å². The summed E-state index contributed by atoms with van der Waals surface area (Å²) in [5, 5.41) is 21.6. The number of carbonyl (C=O) groups is 1. The van der Waals surface area contributed by atoms with Crippen molar-refractivity contribution in [2.75, 3.05) is 5.32 Å². The van der Waals surface area contributed by atoms with Gasteiger partial charge in [-0.05, 0) is 74.6 Å². The summed E-state index contributed by atoms with van der Waals surface area (Å²) in [6.07, 6.45) is 6.21. The fraction of sp³-hybridized carbons (Fsp3) is 0.469. The number of halogens is 3. The molecule has 44 heavy (non-hydrogen) atoms. The number of carboxylic acid groups (broad SMARTS) is 1. The second-order valence-electron chi connectivity index (χ2n) is 12.2. The molecule has 4 atom stereocenters. The number of rotatable bonds is 9. The molecule has 0 radical (unpaired) electrons. The van der Waals surface area contributed by atoms with Crippen molar-refractivity contribution in [1.82, 2.24) is 14.8 Å². The van der Waals surface area contributed by atoms with E-state index < -0.39 is 12.3 Å². The SMILES string of the molecule is O=C(O)c1cnn2ccc(NC3CCCC4CC(OCc5c(-c6ccccc6OC(F)(F)F)noc5C5CC5)CC3C4)cc12. The molecule has 2 bridgehead atoms. The minimum Gasteiger partial charge on any atom is -0.478 e. The molecule has 3 aliphatic carbocycles. The van der Waals surface area contributed by atoms with E-state index in [9.17, 15) is 23.1 Å². The van der Waals surface area contributed by atoms with Gasteiger partial charge in [0.2, 0.25) is 0 Å². The Bertz CT molecular complexity index is 1660. The highest BCUT2D eigenvalue weighted by molar-refractivity contribution is 5.95.